The number of nitrogens with one attached hydrogen (secondary N) is 2. The Morgan fingerprint density at radius 3 is 2.41 bits per heavy atom. The summed E-state index contributed by atoms with van der Waals surface area (Å²) in [5, 5.41) is 13.3. The number of hydrogen-bond acceptors (Lipinski definition) is 7. The van der Waals surface area contributed by atoms with E-state index in [0.29, 0.717) is 11.5 Å². The van der Waals surface area contributed by atoms with Crippen LogP contribution in [0.4, 0.5) is 23.2 Å². The van der Waals surface area contributed by atoms with Crippen LogP contribution in [0.5, 0.6) is 11.5 Å². The maximum absolute atomic E-state index is 13.9. The predicted molar refractivity (Wildman–Crippen MR) is 143 cm³/mol. The van der Waals surface area contributed by atoms with Gasteiger partial charge in [-0.3, -0.25) is 14.2 Å². The summed E-state index contributed by atoms with van der Waals surface area (Å²) in [6, 6.07) is 14.6. The Labute approximate surface area is 235 Å². The van der Waals surface area contributed by atoms with Gasteiger partial charge in [0.05, 0.1) is 43.5 Å². The average Bonchev–Trinajstić information content (AvgIpc) is 3.38. The van der Waals surface area contributed by atoms with Crippen molar-refractivity contribution >= 4 is 29.3 Å². The van der Waals surface area contributed by atoms with E-state index >= 15 is 0 Å². The summed E-state index contributed by atoms with van der Waals surface area (Å²) in [7, 11) is 2.88. The molecule has 4 rings (SSSR count). The number of carbonyl (C=O) groups excluding carboxylic acids is 2. The van der Waals surface area contributed by atoms with E-state index in [-0.39, 0.29) is 40.2 Å². The van der Waals surface area contributed by atoms with Crippen LogP contribution in [0.1, 0.15) is 21.7 Å². The highest BCUT2D eigenvalue weighted by Gasteiger charge is 2.31. The minimum atomic E-state index is -4.61. The van der Waals surface area contributed by atoms with Crippen molar-refractivity contribution < 1.29 is 36.6 Å². The van der Waals surface area contributed by atoms with Crippen LogP contribution >= 0.6 is 11.8 Å². The maximum atomic E-state index is 13.9. The van der Waals surface area contributed by atoms with Gasteiger partial charge in [-0.05, 0) is 48.5 Å². The van der Waals surface area contributed by atoms with Gasteiger partial charge in [0.1, 0.15) is 5.82 Å². The number of halogens is 4. The second-order valence-corrected chi connectivity index (χ2v) is 9.29. The lowest BCUT2D eigenvalue weighted by atomic mass is 10.2. The van der Waals surface area contributed by atoms with Crippen molar-refractivity contribution in [2.24, 2.45) is 0 Å². The van der Waals surface area contributed by atoms with Crippen LogP contribution in [0.25, 0.3) is 5.69 Å². The number of methoxy groups -OCH3 is 2. The number of benzene rings is 3. The quantitative estimate of drug-likeness (QED) is 0.196. The molecular formula is C27H23F4N5O4S. The molecule has 0 unspecified atom stereocenters. The molecule has 0 bridgehead atoms. The molecule has 41 heavy (non-hydrogen) atoms. The Morgan fingerprint density at radius 2 is 1.71 bits per heavy atom. The number of aromatic nitrogens is 3. The molecule has 2 N–H and O–H groups in total. The number of para-hydroxylation sites is 1. The molecule has 1 aromatic heterocycles. The van der Waals surface area contributed by atoms with Gasteiger partial charge in [0.15, 0.2) is 22.5 Å². The van der Waals surface area contributed by atoms with Crippen molar-refractivity contribution in [3.63, 3.8) is 0 Å². The molecule has 0 aliphatic carbocycles. The van der Waals surface area contributed by atoms with Crippen molar-refractivity contribution in [2.45, 2.75) is 17.9 Å². The number of amides is 2. The van der Waals surface area contributed by atoms with Crippen LogP contribution in [0.2, 0.25) is 0 Å². The van der Waals surface area contributed by atoms with E-state index in [2.05, 4.69) is 20.8 Å². The van der Waals surface area contributed by atoms with E-state index in [1.54, 1.807) is 12.1 Å². The number of rotatable bonds is 10. The van der Waals surface area contributed by atoms with Crippen LogP contribution in [-0.4, -0.2) is 46.6 Å². The van der Waals surface area contributed by atoms with Gasteiger partial charge in [-0.1, -0.05) is 30.0 Å². The first kappa shape index (κ1) is 29.4. The van der Waals surface area contributed by atoms with Gasteiger partial charge in [0.25, 0.3) is 5.91 Å². The molecule has 214 valence electrons. The smallest absolute Gasteiger partial charge is 0.416 e. The van der Waals surface area contributed by atoms with E-state index in [0.717, 1.165) is 23.9 Å². The first-order chi connectivity index (χ1) is 19.6. The molecule has 0 radical (unpaired) electrons. The van der Waals surface area contributed by atoms with Crippen molar-refractivity contribution in [1.29, 1.82) is 0 Å². The molecule has 3 aromatic carbocycles. The Balaban J connectivity index is 1.58. The molecule has 0 spiro atoms. The summed E-state index contributed by atoms with van der Waals surface area (Å²) in [6.45, 7) is -0.210. The van der Waals surface area contributed by atoms with Gasteiger partial charge in [-0.25, -0.2) is 4.39 Å². The van der Waals surface area contributed by atoms with E-state index in [9.17, 15) is 27.2 Å². The number of carbonyl (C=O) groups is 2. The fraction of sp³-hybridized carbons (Fsp3) is 0.185. The number of anilines is 1. The van der Waals surface area contributed by atoms with E-state index in [4.69, 9.17) is 9.47 Å². The van der Waals surface area contributed by atoms with Crippen LogP contribution in [0, 0.1) is 5.82 Å². The molecule has 0 saturated heterocycles. The third kappa shape index (κ3) is 7.14. The largest absolute Gasteiger partial charge is 0.493 e. The summed E-state index contributed by atoms with van der Waals surface area (Å²) < 4.78 is 66.0. The first-order valence-corrected chi connectivity index (χ1v) is 12.9. The second-order valence-electron chi connectivity index (χ2n) is 8.35. The zero-order valence-corrected chi connectivity index (χ0v) is 22.5. The summed E-state index contributed by atoms with van der Waals surface area (Å²) in [6.07, 6.45) is -4.61. The van der Waals surface area contributed by atoms with Crippen LogP contribution in [-0.2, 0) is 17.5 Å². The summed E-state index contributed by atoms with van der Waals surface area (Å²) in [5.74, 6) is -1.08. The fourth-order valence-electron chi connectivity index (χ4n) is 3.71. The Kier molecular flexibility index (Phi) is 9.12. The summed E-state index contributed by atoms with van der Waals surface area (Å²) in [4.78, 5) is 25.3. The third-order valence-corrected chi connectivity index (χ3v) is 6.59. The van der Waals surface area contributed by atoms with Gasteiger partial charge < -0.3 is 20.1 Å². The lowest BCUT2D eigenvalue weighted by Crippen LogP contribution is -2.25. The molecule has 1 heterocycles. The SMILES string of the molecule is COc1ccc(C(=O)NCc2nnc(SCC(=O)Nc3ccccc3F)n2-c2cccc(C(F)(F)F)c2)cc1OC. The molecule has 2 amide bonds. The summed E-state index contributed by atoms with van der Waals surface area (Å²) in [5.41, 5.74) is -0.613. The molecule has 0 aliphatic heterocycles. The number of ether oxygens (including phenoxy) is 2. The molecule has 14 heteroatoms. The van der Waals surface area contributed by atoms with Crippen molar-refractivity contribution in [3.05, 3.63) is 89.5 Å². The molecule has 0 atom stereocenters. The zero-order valence-electron chi connectivity index (χ0n) is 21.7. The van der Waals surface area contributed by atoms with Crippen LogP contribution in [0.3, 0.4) is 0 Å². The normalized spacial score (nSPS) is 11.2. The highest BCUT2D eigenvalue weighted by molar-refractivity contribution is 7.99. The number of alkyl halides is 3. The van der Waals surface area contributed by atoms with Gasteiger partial charge in [0, 0.05) is 5.56 Å². The molecule has 9 nitrogen and oxygen atoms in total. The van der Waals surface area contributed by atoms with Crippen LogP contribution in [0.15, 0.2) is 71.9 Å². The Bertz CT molecular complexity index is 1560. The molecule has 0 fully saturated rings. The van der Waals surface area contributed by atoms with Gasteiger partial charge in [-0.15, -0.1) is 10.2 Å². The lowest BCUT2D eigenvalue weighted by Gasteiger charge is -2.14. The predicted octanol–water partition coefficient (Wildman–Crippen LogP) is 5.10. The summed E-state index contributed by atoms with van der Waals surface area (Å²) >= 11 is 0.879. The highest BCUT2D eigenvalue weighted by Crippen LogP contribution is 2.32. The number of nitrogens with zero attached hydrogens (tertiary/aromatic N) is 3. The van der Waals surface area contributed by atoms with Gasteiger partial charge >= 0.3 is 6.18 Å². The lowest BCUT2D eigenvalue weighted by molar-refractivity contribution is -0.137. The van der Waals surface area contributed by atoms with E-state index < -0.39 is 29.4 Å². The fourth-order valence-corrected chi connectivity index (χ4v) is 4.48. The third-order valence-electron chi connectivity index (χ3n) is 5.67. The van der Waals surface area contributed by atoms with Crippen molar-refractivity contribution in [2.75, 3.05) is 25.3 Å². The Hall–Kier alpha value is -4.59. The minimum absolute atomic E-state index is 0.0176. The average molecular weight is 590 g/mol. The van der Waals surface area contributed by atoms with E-state index in [1.807, 2.05) is 0 Å². The Morgan fingerprint density at radius 1 is 0.951 bits per heavy atom. The number of hydrogen-bond donors (Lipinski definition) is 2. The van der Waals surface area contributed by atoms with Gasteiger partial charge in [0.2, 0.25) is 5.91 Å². The van der Waals surface area contributed by atoms with Gasteiger partial charge in [-0.2, -0.15) is 13.2 Å². The first-order valence-electron chi connectivity index (χ1n) is 11.9. The highest BCUT2D eigenvalue weighted by atomic mass is 32.2. The van der Waals surface area contributed by atoms with Crippen LogP contribution < -0.4 is 20.1 Å². The standard InChI is InChI=1S/C27H23F4N5O4S/c1-39-21-11-10-16(12-22(21)40-2)25(38)32-14-23-34-35-26(36(23)18-7-5-6-17(13-18)27(29,30)31)41-15-24(37)33-20-9-4-3-8-19(20)28/h3-13H,14-15H2,1-2H3,(H,32,38)(H,33,37). The van der Waals surface area contributed by atoms with Crippen molar-refractivity contribution in [3.8, 4) is 17.2 Å². The minimum Gasteiger partial charge on any atom is -0.493 e. The van der Waals surface area contributed by atoms with E-state index in [1.165, 1.54) is 61.3 Å². The molecule has 4 aromatic rings. The maximum Gasteiger partial charge on any atom is 0.416 e. The molecular weight excluding hydrogens is 566 g/mol. The molecule has 0 aliphatic rings. The monoisotopic (exact) mass is 589 g/mol. The van der Waals surface area contributed by atoms with Crippen molar-refractivity contribution in [1.82, 2.24) is 20.1 Å². The second kappa shape index (κ2) is 12.7. The molecule has 0 saturated carbocycles. The topological polar surface area (TPSA) is 107 Å². The number of thioether (sulfide) groups is 1. The zero-order chi connectivity index (χ0) is 29.6.